The van der Waals surface area contributed by atoms with E-state index in [1.807, 2.05) is 0 Å². The molecule has 9 aliphatic heterocycles. The van der Waals surface area contributed by atoms with Gasteiger partial charge in [0.15, 0.2) is 0 Å². The molecule has 252 valence electrons. The topological polar surface area (TPSA) is 24.9 Å². The zero-order chi connectivity index (χ0) is 29.9. The van der Waals surface area contributed by atoms with E-state index in [1.54, 1.807) is 22.3 Å². The lowest BCUT2D eigenvalue weighted by Gasteiger charge is -2.65. The van der Waals surface area contributed by atoms with Crippen molar-refractivity contribution in [3.8, 4) is 0 Å². The normalized spacial score (nSPS) is 51.1. The van der Waals surface area contributed by atoms with Gasteiger partial charge in [0.25, 0.3) is 0 Å². The van der Waals surface area contributed by atoms with Crippen LogP contribution in [-0.4, -0.2) is 99.1 Å². The van der Waals surface area contributed by atoms with Gasteiger partial charge in [-0.2, -0.15) is 0 Å². The number of para-hydroxylation sites is 2. The number of piperidine rings is 2. The highest BCUT2D eigenvalue weighted by atomic mass is 35.5. The number of benzene rings is 2. The van der Waals surface area contributed by atoms with Crippen molar-refractivity contribution in [3.05, 3.63) is 83.0 Å². The molecule has 11 aliphatic rings. The maximum Gasteiger partial charge on any atom is 0.136 e. The van der Waals surface area contributed by atoms with E-state index in [4.69, 9.17) is 9.47 Å². The predicted molar refractivity (Wildman–Crippen MR) is 176 cm³/mol. The first-order chi connectivity index (χ1) is 22.5. The third kappa shape index (κ3) is 2.87. The van der Waals surface area contributed by atoms with Crippen LogP contribution in [0.3, 0.4) is 0 Å². The Balaban J connectivity index is 0.00000140. The Bertz CT molecular complexity index is 1720. The van der Waals surface area contributed by atoms with Crippen molar-refractivity contribution in [2.75, 3.05) is 63.3 Å². The Hall–Kier alpha value is -2.06. The molecule has 5 saturated heterocycles. The lowest BCUT2D eigenvalue weighted by atomic mass is 9.52. The molecule has 2 saturated carbocycles. The molecule has 2 aromatic rings. The molecular weight excluding hydrogens is 639 g/mol. The van der Waals surface area contributed by atoms with E-state index in [9.17, 15) is 0 Å². The summed E-state index contributed by atoms with van der Waals surface area (Å²) in [7, 11) is 5.20. The molecular formula is C40H46Cl2N4O2. The van der Waals surface area contributed by atoms with Crippen LogP contribution in [0.25, 0.3) is 0 Å². The van der Waals surface area contributed by atoms with Gasteiger partial charge in [0.1, 0.15) is 37.6 Å². The lowest BCUT2D eigenvalue weighted by Crippen LogP contribution is -3.00. The molecule has 0 amide bonds. The van der Waals surface area contributed by atoms with Crippen LogP contribution in [0.4, 0.5) is 11.4 Å². The highest BCUT2D eigenvalue weighted by Crippen LogP contribution is 2.72. The maximum absolute atomic E-state index is 7.44. The minimum Gasteiger partial charge on any atom is -1.00 e. The first kappa shape index (κ1) is 29.6. The second-order valence-corrected chi connectivity index (χ2v) is 17.9. The molecule has 6 nitrogen and oxygen atoms in total. The Kier molecular flexibility index (Phi) is 5.59. The van der Waals surface area contributed by atoms with Gasteiger partial charge in [-0.15, -0.1) is 0 Å². The molecule has 4 bridgehead atoms. The lowest BCUT2D eigenvalue weighted by molar-refractivity contribution is -0.925. The van der Waals surface area contributed by atoms with E-state index >= 15 is 0 Å². The van der Waals surface area contributed by atoms with Gasteiger partial charge in [0.2, 0.25) is 0 Å². The number of hydrogen-bond acceptors (Lipinski definition) is 4. The van der Waals surface area contributed by atoms with E-state index in [0.29, 0.717) is 47.8 Å². The van der Waals surface area contributed by atoms with Gasteiger partial charge in [-0.05, 0) is 34.4 Å². The van der Waals surface area contributed by atoms with Gasteiger partial charge in [0, 0.05) is 60.7 Å². The fourth-order valence-corrected chi connectivity index (χ4v) is 15.7. The Morgan fingerprint density at radius 2 is 1.08 bits per heavy atom. The molecule has 2 spiro atoms. The SMILES string of the molecule is C[N+]12CCC34c5ccccc5N5[C@@H]6OCC=C7C[N+]8(C)CCC9%10c%11ccccc%11N([C@@H]%11OCC=C(C1)[C@H](C[C@@H]32)[C@@H]%11[C@H]54)[C@H]9[C@H]6[C@H]7C[C@@H]%108.[Cl-].[Cl-]. The van der Waals surface area contributed by atoms with Crippen LogP contribution < -0.4 is 34.6 Å². The van der Waals surface area contributed by atoms with Crippen LogP contribution in [0.1, 0.15) is 36.8 Å². The Morgan fingerprint density at radius 3 is 1.54 bits per heavy atom. The average molecular weight is 686 g/mol. The molecule has 2 aromatic carbocycles. The summed E-state index contributed by atoms with van der Waals surface area (Å²) in [6.07, 6.45) is 10.4. The standard InChI is InChI=1S/C40H46N4O2.2ClH/c1-43-15-13-39-27-7-3-5-9-29(27)41-35(39)33-25(19-31(39)43)23(21-43)11-17-45-37(33)42-30-10-6-4-8-28(30)40-14-16-44(2)22-24-12-18-46-38(41)34(36(40)42)26(24)20-32(40)44;;/h3-12,25-26,31-38H,13-22H2,1-2H3;2*1H/q+2;;/p-2/t25-,26-,31-,32-,33+,34+,35-,36-,37+,38+,39?,40?,43?,44?;;/m0../s1. The molecule has 8 heteroatoms. The molecule has 7 fully saturated rings. The van der Waals surface area contributed by atoms with E-state index in [2.05, 4.69) is 84.6 Å². The fraction of sp³-hybridized carbons (Fsp3) is 0.600. The van der Waals surface area contributed by atoms with Crippen molar-refractivity contribution in [1.82, 2.24) is 0 Å². The summed E-state index contributed by atoms with van der Waals surface area (Å²) in [5.74, 6) is 1.97. The number of nitrogens with zero attached hydrogens (tertiary/aromatic N) is 4. The first-order valence-corrected chi connectivity index (χ1v) is 18.5. The van der Waals surface area contributed by atoms with Crippen molar-refractivity contribution in [1.29, 1.82) is 0 Å². The quantitative estimate of drug-likeness (QED) is 0.251. The summed E-state index contributed by atoms with van der Waals surface area (Å²) in [6.45, 7) is 6.48. The second-order valence-electron chi connectivity index (χ2n) is 17.9. The first-order valence-electron chi connectivity index (χ1n) is 18.5. The van der Waals surface area contributed by atoms with E-state index in [-0.39, 0.29) is 48.1 Å². The molecule has 4 unspecified atom stereocenters. The number of halogens is 2. The number of hydrogen-bond donors (Lipinski definition) is 0. The minimum absolute atomic E-state index is 0. The van der Waals surface area contributed by atoms with Crippen LogP contribution in [0.2, 0.25) is 0 Å². The largest absolute Gasteiger partial charge is 1.00 e. The summed E-state index contributed by atoms with van der Waals surface area (Å²) in [6, 6.07) is 21.5. The third-order valence-corrected chi connectivity index (χ3v) is 16.9. The monoisotopic (exact) mass is 684 g/mol. The summed E-state index contributed by atoms with van der Waals surface area (Å²) in [5.41, 5.74) is 9.97. The molecule has 0 N–H and O–H groups in total. The van der Waals surface area contributed by atoms with E-state index in [0.717, 1.165) is 13.2 Å². The summed E-state index contributed by atoms with van der Waals surface area (Å²) < 4.78 is 17.3. The van der Waals surface area contributed by atoms with Crippen molar-refractivity contribution >= 4 is 11.4 Å². The predicted octanol–water partition coefficient (Wildman–Crippen LogP) is -1.44. The van der Waals surface area contributed by atoms with Crippen molar-refractivity contribution < 1.29 is 43.3 Å². The van der Waals surface area contributed by atoms with Gasteiger partial charge in [-0.3, -0.25) is 0 Å². The molecule has 2 aliphatic carbocycles. The molecule has 48 heavy (non-hydrogen) atoms. The number of fused-ring (bicyclic) bond motifs is 6. The molecule has 0 aromatic heterocycles. The molecule has 0 radical (unpaired) electrons. The second kappa shape index (κ2) is 9.05. The average Bonchev–Trinajstić information content (AvgIpc) is 3.66. The van der Waals surface area contributed by atoms with Crippen LogP contribution in [0, 0.1) is 23.7 Å². The molecule has 13 rings (SSSR count). The van der Waals surface area contributed by atoms with Gasteiger partial charge >= 0.3 is 0 Å². The Morgan fingerprint density at radius 1 is 0.646 bits per heavy atom. The van der Waals surface area contributed by atoms with Crippen LogP contribution in [-0.2, 0) is 20.3 Å². The van der Waals surface area contributed by atoms with Gasteiger partial charge < -0.3 is 53.1 Å². The van der Waals surface area contributed by atoms with Gasteiger partial charge in [-0.25, -0.2) is 0 Å². The fourth-order valence-electron chi connectivity index (χ4n) is 15.7. The highest BCUT2D eigenvalue weighted by molar-refractivity contribution is 5.71. The number of rotatable bonds is 0. The number of anilines is 2. The summed E-state index contributed by atoms with van der Waals surface area (Å²) >= 11 is 0. The summed E-state index contributed by atoms with van der Waals surface area (Å²) in [5, 5.41) is 0. The number of ether oxygens (including phenoxy) is 2. The maximum atomic E-state index is 7.44. The molecule has 14 atom stereocenters. The number of likely N-dealkylation sites (N-methyl/N-ethyl adjacent to an activating group) is 2. The molecule has 9 heterocycles. The zero-order valence-electron chi connectivity index (χ0n) is 28.0. The van der Waals surface area contributed by atoms with Crippen LogP contribution in [0.5, 0.6) is 0 Å². The highest BCUT2D eigenvalue weighted by Gasteiger charge is 2.80. The third-order valence-electron chi connectivity index (χ3n) is 16.9. The van der Waals surface area contributed by atoms with E-state index in [1.165, 1.54) is 72.2 Å². The minimum atomic E-state index is 0. The zero-order valence-corrected chi connectivity index (χ0v) is 29.5. The number of quaternary nitrogens is 2. The van der Waals surface area contributed by atoms with Crippen molar-refractivity contribution in [3.63, 3.8) is 0 Å². The van der Waals surface area contributed by atoms with Crippen molar-refractivity contribution in [2.45, 2.75) is 73.1 Å². The smallest absolute Gasteiger partial charge is 0.136 e. The van der Waals surface area contributed by atoms with Crippen molar-refractivity contribution in [2.24, 2.45) is 23.7 Å². The van der Waals surface area contributed by atoms with Crippen LogP contribution in [0.15, 0.2) is 71.8 Å². The summed E-state index contributed by atoms with van der Waals surface area (Å²) in [4.78, 5) is 5.96. The van der Waals surface area contributed by atoms with Crippen LogP contribution >= 0.6 is 0 Å². The van der Waals surface area contributed by atoms with Gasteiger partial charge in [0.05, 0.1) is 63.3 Å². The van der Waals surface area contributed by atoms with E-state index < -0.39 is 0 Å². The van der Waals surface area contributed by atoms with Gasteiger partial charge in [-0.1, -0.05) is 48.6 Å². The Labute approximate surface area is 296 Å².